The van der Waals surface area contributed by atoms with Crippen LogP contribution in [-0.4, -0.2) is 39.7 Å². The Kier molecular flexibility index (Phi) is 7.94. The molecule has 0 radical (unpaired) electrons. The Morgan fingerprint density at radius 1 is 1.09 bits per heavy atom. The number of amides is 3. The van der Waals surface area contributed by atoms with Crippen molar-refractivity contribution in [3.63, 3.8) is 0 Å². The Hall–Kier alpha value is -3.39. The lowest BCUT2D eigenvalue weighted by atomic mass is 9.92. The summed E-state index contributed by atoms with van der Waals surface area (Å²) in [7, 11) is 0. The van der Waals surface area contributed by atoms with E-state index in [1.807, 2.05) is 64.1 Å². The molecule has 2 aromatic carbocycles. The normalized spacial score (nSPS) is 11.2. The number of carbonyl (C=O) groups is 2. The maximum absolute atomic E-state index is 13.4. The van der Waals surface area contributed by atoms with Crippen LogP contribution in [0.5, 0.6) is 0 Å². The fourth-order valence-corrected chi connectivity index (χ4v) is 3.44. The van der Waals surface area contributed by atoms with Gasteiger partial charge in [0.25, 0.3) is 0 Å². The fraction of sp³-hybridized carbons (Fsp3) is 0.320. The van der Waals surface area contributed by atoms with E-state index in [1.54, 1.807) is 4.68 Å². The van der Waals surface area contributed by atoms with E-state index in [-0.39, 0.29) is 22.9 Å². The van der Waals surface area contributed by atoms with E-state index in [9.17, 15) is 14.0 Å². The first-order valence-electron chi connectivity index (χ1n) is 11.0. The predicted molar refractivity (Wildman–Crippen MR) is 133 cm³/mol. The molecule has 0 spiro atoms. The van der Waals surface area contributed by atoms with Gasteiger partial charge in [-0.2, -0.15) is 5.10 Å². The average molecular weight is 486 g/mol. The molecule has 0 aliphatic heterocycles. The summed E-state index contributed by atoms with van der Waals surface area (Å²) in [6.07, 6.45) is 0.654. The van der Waals surface area contributed by atoms with Gasteiger partial charge in [0, 0.05) is 23.7 Å². The molecule has 1 aromatic heterocycles. The van der Waals surface area contributed by atoms with Crippen molar-refractivity contribution in [2.24, 2.45) is 0 Å². The monoisotopic (exact) mass is 485 g/mol. The molecule has 0 saturated heterocycles. The molecule has 3 amide bonds. The van der Waals surface area contributed by atoms with Gasteiger partial charge in [-0.15, -0.1) is 0 Å². The number of aromatic nitrogens is 2. The average Bonchev–Trinajstić information content (AvgIpc) is 3.21. The molecule has 3 rings (SSSR count). The van der Waals surface area contributed by atoms with Crippen LogP contribution in [0.2, 0.25) is 5.02 Å². The summed E-state index contributed by atoms with van der Waals surface area (Å²) in [5, 5.41) is 10.2. The van der Waals surface area contributed by atoms with Crippen LogP contribution in [0, 0.1) is 5.82 Å². The van der Waals surface area contributed by atoms with Crippen LogP contribution in [0.3, 0.4) is 0 Å². The molecular weight excluding hydrogens is 457 g/mol. The molecule has 0 unspecified atom stereocenters. The summed E-state index contributed by atoms with van der Waals surface area (Å²) in [5.41, 5.74) is 1.76. The van der Waals surface area contributed by atoms with Gasteiger partial charge in [-0.3, -0.25) is 4.79 Å². The van der Waals surface area contributed by atoms with Crippen molar-refractivity contribution in [3.05, 3.63) is 71.1 Å². The number of urea groups is 1. The number of hydrogen-bond acceptors (Lipinski definition) is 3. The van der Waals surface area contributed by atoms with Gasteiger partial charge in [0.1, 0.15) is 18.2 Å². The molecule has 0 bridgehead atoms. The zero-order valence-electron chi connectivity index (χ0n) is 19.7. The second kappa shape index (κ2) is 10.7. The van der Waals surface area contributed by atoms with Gasteiger partial charge in [-0.1, -0.05) is 57.5 Å². The highest BCUT2D eigenvalue weighted by atomic mass is 35.5. The Balaban J connectivity index is 1.77. The van der Waals surface area contributed by atoms with Crippen LogP contribution < -0.4 is 10.6 Å². The molecule has 1 heterocycles. The molecule has 2 N–H and O–H groups in total. The fourth-order valence-electron chi connectivity index (χ4n) is 3.26. The first-order chi connectivity index (χ1) is 16.1. The maximum atomic E-state index is 13.4. The van der Waals surface area contributed by atoms with Crippen LogP contribution >= 0.6 is 11.6 Å². The largest absolute Gasteiger partial charge is 0.322 e. The zero-order chi connectivity index (χ0) is 24.9. The highest BCUT2D eigenvalue weighted by molar-refractivity contribution is 6.31. The van der Waals surface area contributed by atoms with Crippen LogP contribution in [0.25, 0.3) is 5.69 Å². The third-order valence-electron chi connectivity index (χ3n) is 5.03. The summed E-state index contributed by atoms with van der Waals surface area (Å²) >= 11 is 5.80. The molecule has 180 valence electrons. The minimum atomic E-state index is -0.575. The van der Waals surface area contributed by atoms with Crippen molar-refractivity contribution < 1.29 is 14.0 Å². The predicted octanol–water partition coefficient (Wildman–Crippen LogP) is 5.84. The molecule has 0 atom stereocenters. The van der Waals surface area contributed by atoms with E-state index in [1.165, 1.54) is 23.1 Å². The van der Waals surface area contributed by atoms with Crippen LogP contribution in [-0.2, 0) is 10.2 Å². The van der Waals surface area contributed by atoms with E-state index in [0.29, 0.717) is 24.5 Å². The van der Waals surface area contributed by atoms with Gasteiger partial charge in [-0.25, -0.2) is 13.9 Å². The molecule has 0 aliphatic carbocycles. The Bertz CT molecular complexity index is 1160. The summed E-state index contributed by atoms with van der Waals surface area (Å²) in [6, 6.07) is 14.8. The quantitative estimate of drug-likeness (QED) is 0.441. The van der Waals surface area contributed by atoms with Gasteiger partial charge in [0.05, 0.1) is 16.4 Å². The summed E-state index contributed by atoms with van der Waals surface area (Å²) in [5.74, 6) is -0.421. The van der Waals surface area contributed by atoms with Crippen molar-refractivity contribution >= 4 is 35.0 Å². The number of halogens is 2. The number of hydrogen-bond donors (Lipinski definition) is 2. The van der Waals surface area contributed by atoms with Gasteiger partial charge in [0.2, 0.25) is 5.91 Å². The van der Waals surface area contributed by atoms with Gasteiger partial charge in [0.15, 0.2) is 0 Å². The van der Waals surface area contributed by atoms with Crippen LogP contribution in [0.15, 0.2) is 54.6 Å². The van der Waals surface area contributed by atoms with E-state index < -0.39 is 11.8 Å². The van der Waals surface area contributed by atoms with Crippen LogP contribution in [0.4, 0.5) is 20.7 Å². The van der Waals surface area contributed by atoms with Crippen molar-refractivity contribution in [2.75, 3.05) is 23.7 Å². The molecule has 0 fully saturated rings. The first kappa shape index (κ1) is 25.2. The number of anilines is 2. The van der Waals surface area contributed by atoms with Crippen molar-refractivity contribution in [1.82, 2.24) is 14.7 Å². The number of nitrogens with one attached hydrogen (secondary N) is 2. The molecule has 0 saturated carbocycles. The van der Waals surface area contributed by atoms with Gasteiger partial charge < -0.3 is 15.5 Å². The van der Waals surface area contributed by atoms with E-state index in [4.69, 9.17) is 16.7 Å². The molecule has 3 aromatic rings. The third-order valence-corrected chi connectivity index (χ3v) is 5.32. The minimum Gasteiger partial charge on any atom is -0.315 e. The lowest BCUT2D eigenvalue weighted by Gasteiger charge is -2.22. The summed E-state index contributed by atoms with van der Waals surface area (Å²) < 4.78 is 15.1. The third kappa shape index (κ3) is 6.35. The number of benzene rings is 2. The molecule has 34 heavy (non-hydrogen) atoms. The van der Waals surface area contributed by atoms with E-state index >= 15 is 0 Å². The number of nitrogens with zero attached hydrogens (tertiary/aromatic N) is 3. The Morgan fingerprint density at radius 3 is 2.41 bits per heavy atom. The molecule has 0 aliphatic rings. The highest BCUT2D eigenvalue weighted by Gasteiger charge is 2.23. The van der Waals surface area contributed by atoms with E-state index in [0.717, 1.165) is 11.4 Å². The zero-order valence-corrected chi connectivity index (χ0v) is 20.5. The number of rotatable bonds is 7. The van der Waals surface area contributed by atoms with Crippen LogP contribution in [0.1, 0.15) is 39.8 Å². The lowest BCUT2D eigenvalue weighted by Crippen LogP contribution is -2.41. The van der Waals surface area contributed by atoms with Gasteiger partial charge in [-0.05, 0) is 36.8 Å². The number of carbonyl (C=O) groups excluding carboxylic acids is 2. The van der Waals surface area contributed by atoms with Crippen molar-refractivity contribution in [1.29, 1.82) is 0 Å². The van der Waals surface area contributed by atoms with Crippen molar-refractivity contribution in [2.45, 2.75) is 39.5 Å². The Labute approximate surface area is 203 Å². The summed E-state index contributed by atoms with van der Waals surface area (Å²) in [4.78, 5) is 27.1. The standard InChI is InChI=1S/C25H29ClFN5O2/c1-5-13-31(24(34)28-17-11-12-20(27)19(26)14-17)16-23(33)29-22-15-21(25(2,3)4)30-32(22)18-9-7-6-8-10-18/h6-12,14-15H,5,13,16H2,1-4H3,(H,28,34)(H,29,33). The van der Waals surface area contributed by atoms with E-state index in [2.05, 4.69) is 10.6 Å². The minimum absolute atomic E-state index is 0.0959. The highest BCUT2D eigenvalue weighted by Crippen LogP contribution is 2.26. The lowest BCUT2D eigenvalue weighted by molar-refractivity contribution is -0.116. The first-order valence-corrected chi connectivity index (χ1v) is 11.4. The van der Waals surface area contributed by atoms with Crippen molar-refractivity contribution in [3.8, 4) is 5.69 Å². The molecule has 9 heteroatoms. The Morgan fingerprint density at radius 2 is 1.79 bits per heavy atom. The smallest absolute Gasteiger partial charge is 0.315 e. The topological polar surface area (TPSA) is 79.3 Å². The second-order valence-electron chi connectivity index (χ2n) is 8.94. The molecule has 7 nitrogen and oxygen atoms in total. The number of para-hydroxylation sites is 1. The maximum Gasteiger partial charge on any atom is 0.322 e. The second-order valence-corrected chi connectivity index (χ2v) is 9.35. The molecular formula is C25H29ClFN5O2. The SMILES string of the molecule is CCCN(CC(=O)Nc1cc(C(C)(C)C)nn1-c1ccccc1)C(=O)Nc1ccc(F)c(Cl)c1. The van der Waals surface area contributed by atoms with Gasteiger partial charge >= 0.3 is 6.03 Å². The summed E-state index contributed by atoms with van der Waals surface area (Å²) in [6.45, 7) is 8.24.